The summed E-state index contributed by atoms with van der Waals surface area (Å²) in [5.74, 6) is 0.169. The molecule has 1 amide bonds. The molecule has 2 rings (SSSR count). The Hall–Kier alpha value is -1.42. The molecule has 0 spiro atoms. The zero-order valence-electron chi connectivity index (χ0n) is 11.9. The number of anilines is 1. The lowest BCUT2D eigenvalue weighted by molar-refractivity contribution is -0.120. The second-order valence-corrected chi connectivity index (χ2v) is 5.43. The Morgan fingerprint density at radius 1 is 1.32 bits per heavy atom. The fourth-order valence-corrected chi connectivity index (χ4v) is 2.86. The van der Waals surface area contributed by atoms with Crippen LogP contribution in [-0.4, -0.2) is 30.5 Å². The van der Waals surface area contributed by atoms with Gasteiger partial charge in [0.1, 0.15) is 0 Å². The molecule has 1 aliphatic rings. The van der Waals surface area contributed by atoms with Crippen molar-refractivity contribution in [2.24, 2.45) is 0 Å². The third kappa shape index (κ3) is 3.32. The zero-order chi connectivity index (χ0) is 13.7. The summed E-state index contributed by atoms with van der Waals surface area (Å²) in [5, 5.41) is 3.39. The van der Waals surface area contributed by atoms with Gasteiger partial charge in [-0.3, -0.25) is 9.78 Å². The topological polar surface area (TPSA) is 45.2 Å². The maximum atomic E-state index is 12.4. The maximum absolute atomic E-state index is 12.4. The molecule has 0 saturated heterocycles. The average Bonchev–Trinajstić information content (AvgIpc) is 2.48. The number of rotatable bonds is 4. The SMILES string of the molecule is CNC1(CC(=O)N(C)c2ccncc2)CCCCC1. The third-order valence-corrected chi connectivity index (χ3v) is 4.25. The Morgan fingerprint density at radius 2 is 1.95 bits per heavy atom. The molecular formula is C15H23N3O. The molecule has 0 bridgehead atoms. The second-order valence-electron chi connectivity index (χ2n) is 5.43. The monoisotopic (exact) mass is 261 g/mol. The Kier molecular flexibility index (Phi) is 4.53. The molecular weight excluding hydrogens is 238 g/mol. The van der Waals surface area contributed by atoms with Gasteiger partial charge in [-0.25, -0.2) is 0 Å². The highest BCUT2D eigenvalue weighted by atomic mass is 16.2. The third-order valence-electron chi connectivity index (χ3n) is 4.25. The molecule has 1 aromatic heterocycles. The number of aromatic nitrogens is 1. The van der Waals surface area contributed by atoms with Gasteiger partial charge in [-0.05, 0) is 32.0 Å². The van der Waals surface area contributed by atoms with E-state index in [-0.39, 0.29) is 11.4 Å². The number of nitrogens with zero attached hydrogens (tertiary/aromatic N) is 2. The van der Waals surface area contributed by atoms with Crippen molar-refractivity contribution in [1.29, 1.82) is 0 Å². The van der Waals surface area contributed by atoms with E-state index in [0.29, 0.717) is 6.42 Å². The molecule has 1 heterocycles. The van der Waals surface area contributed by atoms with Crippen LogP contribution in [0.1, 0.15) is 38.5 Å². The normalized spacial score (nSPS) is 18.0. The molecule has 104 valence electrons. The predicted octanol–water partition coefficient (Wildman–Crippen LogP) is 2.36. The van der Waals surface area contributed by atoms with E-state index in [9.17, 15) is 4.79 Å². The molecule has 1 N–H and O–H groups in total. The van der Waals surface area contributed by atoms with Crippen LogP contribution in [-0.2, 0) is 4.79 Å². The van der Waals surface area contributed by atoms with Crippen molar-refractivity contribution >= 4 is 11.6 Å². The molecule has 0 aliphatic heterocycles. The van der Waals surface area contributed by atoms with E-state index in [0.717, 1.165) is 18.5 Å². The molecule has 1 fully saturated rings. The lowest BCUT2D eigenvalue weighted by atomic mass is 9.79. The molecule has 1 aliphatic carbocycles. The van der Waals surface area contributed by atoms with Gasteiger partial charge in [-0.15, -0.1) is 0 Å². The molecule has 0 unspecified atom stereocenters. The zero-order valence-corrected chi connectivity index (χ0v) is 11.9. The number of amides is 1. The number of carbonyl (C=O) groups excluding carboxylic acids is 1. The van der Waals surface area contributed by atoms with Gasteiger partial charge in [-0.2, -0.15) is 0 Å². The summed E-state index contributed by atoms with van der Waals surface area (Å²) in [6.07, 6.45) is 9.92. The van der Waals surface area contributed by atoms with Crippen molar-refractivity contribution in [2.45, 2.75) is 44.1 Å². The lowest BCUT2D eigenvalue weighted by Crippen LogP contribution is -2.48. The van der Waals surface area contributed by atoms with E-state index in [1.54, 1.807) is 17.3 Å². The van der Waals surface area contributed by atoms with Crippen LogP contribution in [0.5, 0.6) is 0 Å². The number of nitrogens with one attached hydrogen (secondary N) is 1. The molecule has 0 radical (unpaired) electrons. The summed E-state index contributed by atoms with van der Waals surface area (Å²) in [4.78, 5) is 18.2. The molecule has 4 nitrogen and oxygen atoms in total. The van der Waals surface area contributed by atoms with Gasteiger partial charge in [0.2, 0.25) is 5.91 Å². The minimum atomic E-state index is -0.00335. The van der Waals surface area contributed by atoms with Crippen LogP contribution in [0.15, 0.2) is 24.5 Å². The minimum Gasteiger partial charge on any atom is -0.315 e. The van der Waals surface area contributed by atoms with Gasteiger partial charge in [0.05, 0.1) is 0 Å². The Balaban J connectivity index is 2.03. The first-order valence-electron chi connectivity index (χ1n) is 7.02. The highest BCUT2D eigenvalue weighted by Crippen LogP contribution is 2.31. The Morgan fingerprint density at radius 3 is 2.53 bits per heavy atom. The number of hydrogen-bond donors (Lipinski definition) is 1. The average molecular weight is 261 g/mol. The van der Waals surface area contributed by atoms with E-state index in [4.69, 9.17) is 0 Å². The minimum absolute atomic E-state index is 0.00335. The molecule has 0 atom stereocenters. The van der Waals surface area contributed by atoms with Crippen molar-refractivity contribution in [3.8, 4) is 0 Å². The molecule has 0 aromatic carbocycles. The van der Waals surface area contributed by atoms with Crippen LogP contribution in [0.25, 0.3) is 0 Å². The van der Waals surface area contributed by atoms with Gasteiger partial charge in [0.15, 0.2) is 0 Å². The Bertz CT molecular complexity index is 413. The van der Waals surface area contributed by atoms with Gasteiger partial charge in [-0.1, -0.05) is 19.3 Å². The summed E-state index contributed by atoms with van der Waals surface area (Å²) in [6.45, 7) is 0. The standard InChI is InChI=1S/C15H23N3O/c1-16-15(8-4-3-5-9-15)12-14(19)18(2)13-6-10-17-11-7-13/h6-7,10-11,16H,3-5,8-9,12H2,1-2H3. The van der Waals surface area contributed by atoms with Crippen molar-refractivity contribution in [2.75, 3.05) is 19.0 Å². The first-order valence-corrected chi connectivity index (χ1v) is 7.02. The summed E-state index contributed by atoms with van der Waals surface area (Å²) in [7, 11) is 3.81. The molecule has 4 heteroatoms. The van der Waals surface area contributed by atoms with Gasteiger partial charge in [0.25, 0.3) is 0 Å². The summed E-state index contributed by atoms with van der Waals surface area (Å²) >= 11 is 0. The largest absolute Gasteiger partial charge is 0.315 e. The van der Waals surface area contributed by atoms with E-state index in [2.05, 4.69) is 10.3 Å². The molecule has 19 heavy (non-hydrogen) atoms. The quantitative estimate of drug-likeness (QED) is 0.905. The first kappa shape index (κ1) is 14.0. The molecule has 1 saturated carbocycles. The van der Waals surface area contributed by atoms with E-state index < -0.39 is 0 Å². The van der Waals surface area contributed by atoms with Gasteiger partial charge < -0.3 is 10.2 Å². The van der Waals surface area contributed by atoms with Crippen LogP contribution in [0.4, 0.5) is 5.69 Å². The first-order chi connectivity index (χ1) is 9.17. The van der Waals surface area contributed by atoms with Crippen LogP contribution < -0.4 is 10.2 Å². The van der Waals surface area contributed by atoms with Crippen LogP contribution >= 0.6 is 0 Å². The lowest BCUT2D eigenvalue weighted by Gasteiger charge is -2.37. The smallest absolute Gasteiger partial charge is 0.228 e. The second kappa shape index (κ2) is 6.15. The fourth-order valence-electron chi connectivity index (χ4n) is 2.86. The van der Waals surface area contributed by atoms with Crippen LogP contribution in [0, 0.1) is 0 Å². The number of carbonyl (C=O) groups is 1. The molecule has 1 aromatic rings. The summed E-state index contributed by atoms with van der Waals surface area (Å²) in [6, 6.07) is 3.73. The van der Waals surface area contributed by atoms with Crippen molar-refractivity contribution < 1.29 is 4.79 Å². The Labute approximate surface area is 115 Å². The van der Waals surface area contributed by atoms with Crippen molar-refractivity contribution in [3.05, 3.63) is 24.5 Å². The van der Waals surface area contributed by atoms with Crippen LogP contribution in [0.3, 0.4) is 0 Å². The summed E-state index contributed by atoms with van der Waals surface area (Å²) in [5.41, 5.74) is 0.901. The summed E-state index contributed by atoms with van der Waals surface area (Å²) < 4.78 is 0. The van der Waals surface area contributed by atoms with Crippen molar-refractivity contribution in [3.63, 3.8) is 0 Å². The number of pyridine rings is 1. The maximum Gasteiger partial charge on any atom is 0.228 e. The van der Waals surface area contributed by atoms with Crippen LogP contribution in [0.2, 0.25) is 0 Å². The van der Waals surface area contributed by atoms with E-state index in [1.165, 1.54) is 19.3 Å². The van der Waals surface area contributed by atoms with Gasteiger partial charge >= 0.3 is 0 Å². The van der Waals surface area contributed by atoms with E-state index >= 15 is 0 Å². The highest BCUT2D eigenvalue weighted by Gasteiger charge is 2.33. The highest BCUT2D eigenvalue weighted by molar-refractivity contribution is 5.93. The predicted molar refractivity (Wildman–Crippen MR) is 77.1 cm³/mol. The number of hydrogen-bond acceptors (Lipinski definition) is 3. The van der Waals surface area contributed by atoms with E-state index in [1.807, 2.05) is 26.2 Å². The fraction of sp³-hybridized carbons (Fsp3) is 0.600. The van der Waals surface area contributed by atoms with Crippen molar-refractivity contribution in [1.82, 2.24) is 10.3 Å². The van der Waals surface area contributed by atoms with Gasteiger partial charge in [0, 0.05) is 37.1 Å².